The molecule has 0 saturated carbocycles. The minimum absolute atomic E-state index is 0.0392. The molecule has 1 heterocycles. The lowest BCUT2D eigenvalue weighted by Gasteiger charge is -2.23. The molecule has 4 aromatic rings. The first-order chi connectivity index (χ1) is 15.7. The lowest BCUT2D eigenvalue weighted by molar-refractivity contribution is -0.132. The maximum absolute atomic E-state index is 13.2. The minimum Gasteiger partial charge on any atom is -0.336 e. The molecule has 32 heavy (non-hydrogen) atoms. The lowest BCUT2D eigenvalue weighted by Crippen LogP contribution is -2.37. The molecule has 0 N–H and O–H groups in total. The van der Waals surface area contributed by atoms with E-state index in [0.717, 1.165) is 17.5 Å². The van der Waals surface area contributed by atoms with Crippen molar-refractivity contribution in [3.05, 3.63) is 125 Å². The Bertz CT molecular complexity index is 1210. The third-order valence-electron chi connectivity index (χ3n) is 5.34. The predicted octanol–water partition coefficient (Wildman–Crippen LogP) is 4.18. The maximum Gasteiger partial charge on any atom is 0.254 e. The second kappa shape index (κ2) is 10.4. The number of amides is 1. The molecule has 1 amide bonds. The van der Waals surface area contributed by atoms with E-state index in [1.165, 1.54) is 22.5 Å². The minimum atomic E-state index is -0.241. The fraction of sp³-hybridized carbons (Fsp3) is 0.148. The second-order valence-corrected chi connectivity index (χ2v) is 7.64. The van der Waals surface area contributed by atoms with E-state index in [0.29, 0.717) is 18.8 Å². The van der Waals surface area contributed by atoms with Gasteiger partial charge in [-0.05, 0) is 17.5 Å². The molecule has 0 spiro atoms. The fourth-order valence-corrected chi connectivity index (χ4v) is 3.56. The molecule has 5 nitrogen and oxygen atoms in total. The third kappa shape index (κ3) is 5.58. The van der Waals surface area contributed by atoms with Crippen LogP contribution in [0.4, 0.5) is 0 Å². The molecule has 0 saturated heterocycles. The molecule has 3 aromatic carbocycles. The van der Waals surface area contributed by atoms with Gasteiger partial charge in [0.1, 0.15) is 6.54 Å². The van der Waals surface area contributed by atoms with E-state index in [1.54, 1.807) is 4.90 Å². The van der Waals surface area contributed by atoms with Gasteiger partial charge in [-0.2, -0.15) is 0 Å². The predicted molar refractivity (Wildman–Crippen MR) is 126 cm³/mol. The van der Waals surface area contributed by atoms with Crippen molar-refractivity contribution in [1.82, 2.24) is 14.5 Å². The Balaban J connectivity index is 1.50. The zero-order valence-electron chi connectivity index (χ0n) is 17.8. The maximum atomic E-state index is 13.2. The SMILES string of the molecule is O=C(Cn1cnc(-c2ccccc2)cc1=O)N(CCc1ccccc1)Cc1ccccc1. The first kappa shape index (κ1) is 21.2. The van der Waals surface area contributed by atoms with Gasteiger partial charge in [0.2, 0.25) is 5.91 Å². The van der Waals surface area contributed by atoms with Crippen LogP contribution in [0, 0.1) is 0 Å². The van der Waals surface area contributed by atoms with Gasteiger partial charge in [-0.15, -0.1) is 0 Å². The van der Waals surface area contributed by atoms with E-state index in [-0.39, 0.29) is 18.0 Å². The van der Waals surface area contributed by atoms with Crippen LogP contribution in [0.5, 0.6) is 0 Å². The molecule has 0 unspecified atom stereocenters. The highest BCUT2D eigenvalue weighted by molar-refractivity contribution is 5.76. The van der Waals surface area contributed by atoms with Crippen molar-refractivity contribution in [2.24, 2.45) is 0 Å². The Morgan fingerprint density at radius 2 is 1.41 bits per heavy atom. The Hall–Kier alpha value is -3.99. The Labute approximate surface area is 187 Å². The van der Waals surface area contributed by atoms with Gasteiger partial charge in [-0.3, -0.25) is 14.2 Å². The van der Waals surface area contributed by atoms with Crippen molar-refractivity contribution in [3.8, 4) is 11.3 Å². The van der Waals surface area contributed by atoms with Crippen molar-refractivity contribution in [3.63, 3.8) is 0 Å². The highest BCUT2D eigenvalue weighted by atomic mass is 16.2. The molecular formula is C27H25N3O2. The second-order valence-electron chi connectivity index (χ2n) is 7.64. The molecule has 0 aliphatic heterocycles. The molecule has 1 aromatic heterocycles. The lowest BCUT2D eigenvalue weighted by atomic mass is 10.1. The van der Waals surface area contributed by atoms with Crippen LogP contribution in [0.2, 0.25) is 0 Å². The topological polar surface area (TPSA) is 55.2 Å². The number of rotatable bonds is 8. The Morgan fingerprint density at radius 1 is 0.812 bits per heavy atom. The number of carbonyl (C=O) groups is 1. The van der Waals surface area contributed by atoms with Crippen molar-refractivity contribution >= 4 is 5.91 Å². The first-order valence-electron chi connectivity index (χ1n) is 10.7. The average molecular weight is 424 g/mol. The van der Waals surface area contributed by atoms with Crippen LogP contribution in [-0.4, -0.2) is 26.9 Å². The molecule has 160 valence electrons. The summed E-state index contributed by atoms with van der Waals surface area (Å²) in [6.45, 7) is 1.03. The molecular weight excluding hydrogens is 398 g/mol. The summed E-state index contributed by atoms with van der Waals surface area (Å²) in [5, 5.41) is 0. The molecule has 0 aliphatic rings. The summed E-state index contributed by atoms with van der Waals surface area (Å²) in [4.78, 5) is 32.0. The molecule has 4 rings (SSSR count). The zero-order chi connectivity index (χ0) is 22.2. The highest BCUT2D eigenvalue weighted by Gasteiger charge is 2.16. The van der Waals surface area contributed by atoms with E-state index in [4.69, 9.17) is 0 Å². The summed E-state index contributed by atoms with van der Waals surface area (Å²) in [7, 11) is 0. The van der Waals surface area contributed by atoms with Crippen LogP contribution >= 0.6 is 0 Å². The summed E-state index contributed by atoms with van der Waals surface area (Å²) in [6.07, 6.45) is 2.21. The summed E-state index contributed by atoms with van der Waals surface area (Å²) < 4.78 is 1.37. The monoisotopic (exact) mass is 423 g/mol. The average Bonchev–Trinajstić information content (AvgIpc) is 2.84. The Morgan fingerprint density at radius 3 is 2.03 bits per heavy atom. The molecule has 5 heteroatoms. The van der Waals surface area contributed by atoms with Gasteiger partial charge < -0.3 is 4.90 Å². The van der Waals surface area contributed by atoms with Crippen LogP contribution in [0.3, 0.4) is 0 Å². The summed E-state index contributed by atoms with van der Waals surface area (Å²) in [5.41, 5.74) is 3.46. The summed E-state index contributed by atoms with van der Waals surface area (Å²) >= 11 is 0. The third-order valence-corrected chi connectivity index (χ3v) is 5.34. The van der Waals surface area contributed by atoms with Crippen molar-refractivity contribution < 1.29 is 4.79 Å². The number of hydrogen-bond acceptors (Lipinski definition) is 3. The molecule has 0 radical (unpaired) electrons. The Kier molecular flexibility index (Phi) is 6.88. The van der Waals surface area contributed by atoms with Gasteiger partial charge in [0.15, 0.2) is 0 Å². The van der Waals surface area contributed by atoms with Gasteiger partial charge in [0.25, 0.3) is 5.56 Å². The molecule has 0 bridgehead atoms. The largest absolute Gasteiger partial charge is 0.336 e. The quantitative estimate of drug-likeness (QED) is 0.427. The highest BCUT2D eigenvalue weighted by Crippen LogP contribution is 2.13. The van der Waals surface area contributed by atoms with Gasteiger partial charge in [0, 0.05) is 24.7 Å². The normalized spacial score (nSPS) is 10.6. The molecule has 0 aliphatic carbocycles. The van der Waals surface area contributed by atoms with E-state index in [9.17, 15) is 9.59 Å². The van der Waals surface area contributed by atoms with Crippen molar-refractivity contribution in [2.45, 2.75) is 19.5 Å². The van der Waals surface area contributed by atoms with Crippen LogP contribution < -0.4 is 5.56 Å². The van der Waals surface area contributed by atoms with E-state index < -0.39 is 0 Å². The number of nitrogens with zero attached hydrogens (tertiary/aromatic N) is 3. The standard InChI is InChI=1S/C27H25N3O2/c31-26-18-25(24-14-8-3-9-15-24)28-21-30(26)20-27(32)29(19-23-12-6-2-7-13-23)17-16-22-10-4-1-5-11-22/h1-15,18,21H,16-17,19-20H2. The van der Waals surface area contributed by atoms with Crippen LogP contribution in [0.15, 0.2) is 108 Å². The van der Waals surface area contributed by atoms with Gasteiger partial charge in [-0.1, -0.05) is 91.0 Å². The van der Waals surface area contributed by atoms with Crippen molar-refractivity contribution in [2.75, 3.05) is 6.54 Å². The number of benzene rings is 3. The van der Waals surface area contributed by atoms with Crippen molar-refractivity contribution in [1.29, 1.82) is 0 Å². The van der Waals surface area contributed by atoms with Gasteiger partial charge in [0.05, 0.1) is 12.0 Å². The van der Waals surface area contributed by atoms with E-state index in [1.807, 2.05) is 78.9 Å². The summed E-state index contributed by atoms with van der Waals surface area (Å²) in [5.74, 6) is -0.110. The number of hydrogen-bond donors (Lipinski definition) is 0. The van der Waals surface area contributed by atoms with Crippen LogP contribution in [0.25, 0.3) is 11.3 Å². The van der Waals surface area contributed by atoms with Gasteiger partial charge in [-0.25, -0.2) is 4.98 Å². The first-order valence-corrected chi connectivity index (χ1v) is 10.7. The molecule has 0 atom stereocenters. The van der Waals surface area contributed by atoms with Gasteiger partial charge >= 0.3 is 0 Å². The number of aromatic nitrogens is 2. The zero-order valence-corrected chi connectivity index (χ0v) is 17.8. The van der Waals surface area contributed by atoms with Crippen LogP contribution in [0.1, 0.15) is 11.1 Å². The van der Waals surface area contributed by atoms with Crippen LogP contribution in [-0.2, 0) is 24.3 Å². The summed E-state index contributed by atoms with van der Waals surface area (Å²) in [6, 6.07) is 31.0. The number of carbonyl (C=O) groups excluding carboxylic acids is 1. The molecule has 0 fully saturated rings. The van der Waals surface area contributed by atoms with E-state index in [2.05, 4.69) is 17.1 Å². The fourth-order valence-electron chi connectivity index (χ4n) is 3.56. The smallest absolute Gasteiger partial charge is 0.254 e. The van der Waals surface area contributed by atoms with E-state index >= 15 is 0 Å².